The highest BCUT2D eigenvalue weighted by Crippen LogP contribution is 2.47. The number of hydrogen-bond acceptors (Lipinski definition) is 7. The largest absolute Gasteiger partial charge is 0.573 e. The molecule has 0 saturated heterocycles. The lowest BCUT2D eigenvalue weighted by Gasteiger charge is -2.42. The highest BCUT2D eigenvalue weighted by Gasteiger charge is 2.38. The van der Waals surface area contributed by atoms with Gasteiger partial charge < -0.3 is 18.4 Å². The molecule has 1 atom stereocenters. The Morgan fingerprint density at radius 1 is 0.919 bits per heavy atom. The number of hydrogen-bond donors (Lipinski definition) is 0. The third-order valence-corrected chi connectivity index (χ3v) is 7.90. The molecule has 0 saturated carbocycles. The Hall–Kier alpha value is -3.44. The van der Waals surface area contributed by atoms with E-state index in [-0.39, 0.29) is 28.2 Å². The highest BCUT2D eigenvalue weighted by molar-refractivity contribution is 7.87. The van der Waals surface area contributed by atoms with Crippen molar-refractivity contribution in [2.45, 2.75) is 36.7 Å². The maximum absolute atomic E-state index is 13.0. The molecule has 5 rings (SSSR count). The zero-order chi connectivity index (χ0) is 26.4. The van der Waals surface area contributed by atoms with Crippen LogP contribution in [0.5, 0.6) is 23.0 Å². The zero-order valence-corrected chi connectivity index (χ0v) is 20.9. The number of methoxy groups -OCH3 is 2. The van der Waals surface area contributed by atoms with E-state index in [2.05, 4.69) is 9.64 Å². The molecule has 11 heteroatoms. The van der Waals surface area contributed by atoms with Crippen LogP contribution in [0.4, 0.5) is 13.2 Å². The first-order chi connectivity index (χ1) is 17.6. The normalized spacial score (nSPS) is 17.3. The van der Waals surface area contributed by atoms with Crippen LogP contribution in [0, 0.1) is 0 Å². The van der Waals surface area contributed by atoms with E-state index in [4.69, 9.17) is 13.7 Å². The third kappa shape index (κ3) is 4.93. The number of rotatable bonds is 6. The van der Waals surface area contributed by atoms with Gasteiger partial charge in [0.25, 0.3) is 0 Å². The summed E-state index contributed by atoms with van der Waals surface area (Å²) < 4.78 is 85.2. The predicted octanol–water partition coefficient (Wildman–Crippen LogP) is 5.03. The Morgan fingerprint density at radius 3 is 2.32 bits per heavy atom. The monoisotopic (exact) mass is 535 g/mol. The van der Waals surface area contributed by atoms with E-state index in [9.17, 15) is 21.6 Å². The van der Waals surface area contributed by atoms with E-state index in [1.54, 1.807) is 30.3 Å². The number of ether oxygens (including phenoxy) is 3. The second kappa shape index (κ2) is 9.46. The summed E-state index contributed by atoms with van der Waals surface area (Å²) in [4.78, 5) is 2.18. The fraction of sp³-hybridized carbons (Fsp3) is 0.308. The van der Waals surface area contributed by atoms with Crippen LogP contribution in [-0.4, -0.2) is 40.4 Å². The van der Waals surface area contributed by atoms with Crippen molar-refractivity contribution in [2.75, 3.05) is 20.8 Å². The van der Waals surface area contributed by atoms with Crippen LogP contribution in [0.25, 0.3) is 0 Å². The van der Waals surface area contributed by atoms with Crippen LogP contribution in [0.15, 0.2) is 59.5 Å². The molecule has 2 heterocycles. The fourth-order valence-electron chi connectivity index (χ4n) is 4.97. The minimum atomic E-state index is -4.83. The Morgan fingerprint density at radius 2 is 1.65 bits per heavy atom. The molecular formula is C26H24F3NO6S. The zero-order valence-electron chi connectivity index (χ0n) is 20.0. The smallest absolute Gasteiger partial charge is 0.493 e. The van der Waals surface area contributed by atoms with Gasteiger partial charge in [0.1, 0.15) is 4.90 Å². The maximum Gasteiger partial charge on any atom is 0.573 e. The van der Waals surface area contributed by atoms with Gasteiger partial charge in [-0.3, -0.25) is 4.90 Å². The first-order valence-electron chi connectivity index (χ1n) is 11.5. The van der Waals surface area contributed by atoms with Crippen molar-refractivity contribution in [1.29, 1.82) is 0 Å². The van der Waals surface area contributed by atoms with Gasteiger partial charge in [0, 0.05) is 24.7 Å². The Balaban J connectivity index is 1.52. The van der Waals surface area contributed by atoms with Crippen molar-refractivity contribution in [3.63, 3.8) is 0 Å². The Kier molecular flexibility index (Phi) is 6.45. The van der Waals surface area contributed by atoms with Crippen molar-refractivity contribution in [1.82, 2.24) is 4.90 Å². The number of benzene rings is 3. The molecule has 1 unspecified atom stereocenters. The summed E-state index contributed by atoms with van der Waals surface area (Å²) >= 11 is 0. The summed E-state index contributed by atoms with van der Waals surface area (Å²) in [6, 6.07) is 14.2. The van der Waals surface area contributed by atoms with Crippen molar-refractivity contribution in [3.05, 3.63) is 76.9 Å². The molecule has 0 spiro atoms. The summed E-state index contributed by atoms with van der Waals surface area (Å²) in [6.45, 7) is 0.927. The van der Waals surface area contributed by atoms with E-state index in [0.717, 1.165) is 16.7 Å². The van der Waals surface area contributed by atoms with Crippen molar-refractivity contribution in [2.24, 2.45) is 0 Å². The molecule has 0 aromatic heterocycles. The highest BCUT2D eigenvalue weighted by atomic mass is 32.2. The predicted molar refractivity (Wildman–Crippen MR) is 127 cm³/mol. The summed E-state index contributed by atoms with van der Waals surface area (Å²) in [6.07, 6.45) is -3.85. The van der Waals surface area contributed by atoms with Crippen molar-refractivity contribution < 1.29 is 40.0 Å². The summed E-state index contributed by atoms with van der Waals surface area (Å²) in [5.74, 6) is 0.0608. The minimum Gasteiger partial charge on any atom is -0.493 e. The third-order valence-electron chi connectivity index (χ3n) is 6.66. The lowest BCUT2D eigenvalue weighted by molar-refractivity contribution is -0.275. The second-order valence-corrected chi connectivity index (χ2v) is 10.3. The Bertz CT molecular complexity index is 1430. The summed E-state index contributed by atoms with van der Waals surface area (Å²) in [7, 11) is -1.37. The average Bonchev–Trinajstić information content (AvgIpc) is 2.87. The molecule has 0 amide bonds. The number of nitrogens with zero attached hydrogens (tertiary/aromatic N) is 1. The molecule has 0 fully saturated rings. The average molecular weight is 536 g/mol. The second-order valence-electron chi connectivity index (χ2n) is 8.78. The molecule has 2 aliphatic heterocycles. The lowest BCUT2D eigenvalue weighted by Crippen LogP contribution is -2.39. The molecule has 3 aromatic carbocycles. The van der Waals surface area contributed by atoms with E-state index in [0.29, 0.717) is 37.2 Å². The van der Waals surface area contributed by atoms with Gasteiger partial charge in [-0.2, -0.15) is 8.42 Å². The van der Waals surface area contributed by atoms with Gasteiger partial charge in [-0.05, 0) is 59.9 Å². The van der Waals surface area contributed by atoms with Gasteiger partial charge in [0.2, 0.25) is 0 Å². The number of fused-ring (bicyclic) bond motifs is 4. The minimum absolute atomic E-state index is 0.00331. The first kappa shape index (κ1) is 25.2. The molecule has 0 N–H and O–H groups in total. The van der Waals surface area contributed by atoms with Crippen LogP contribution < -0.4 is 18.4 Å². The van der Waals surface area contributed by atoms with Crippen LogP contribution in [0.1, 0.15) is 28.3 Å². The van der Waals surface area contributed by atoms with Gasteiger partial charge in [-0.1, -0.05) is 24.3 Å². The van der Waals surface area contributed by atoms with Crippen LogP contribution in [-0.2, 0) is 29.5 Å². The molecule has 0 aliphatic carbocycles. The first-order valence-corrected chi connectivity index (χ1v) is 12.9. The standard InChI is InChI=1S/C26H24F3NO6S/c1-33-22-9-8-16-12-21-19-14-23(34-2)24(35-26(27,28)29)13-17(19)10-11-30(21)15-20(16)25(22)36-37(31,32)18-6-4-3-5-7-18/h3-9,13-14,21H,10-12,15H2,1-2H3. The molecule has 37 heavy (non-hydrogen) atoms. The summed E-state index contributed by atoms with van der Waals surface area (Å²) in [5, 5.41) is 0. The molecule has 3 aromatic rings. The fourth-order valence-corrected chi connectivity index (χ4v) is 5.96. The molecule has 7 nitrogen and oxygen atoms in total. The lowest BCUT2D eigenvalue weighted by atomic mass is 9.83. The number of halogens is 3. The van der Waals surface area contributed by atoms with Crippen molar-refractivity contribution in [3.8, 4) is 23.0 Å². The van der Waals surface area contributed by atoms with Gasteiger partial charge in [0.05, 0.1) is 14.2 Å². The quantitative estimate of drug-likeness (QED) is 0.410. The summed E-state index contributed by atoms with van der Waals surface area (Å²) in [5.41, 5.74) is 3.16. The van der Waals surface area contributed by atoms with Crippen molar-refractivity contribution >= 4 is 10.1 Å². The van der Waals surface area contributed by atoms with Crippen LogP contribution >= 0.6 is 0 Å². The van der Waals surface area contributed by atoms with Crippen LogP contribution in [0.3, 0.4) is 0 Å². The topological polar surface area (TPSA) is 74.3 Å². The van der Waals surface area contributed by atoms with Gasteiger partial charge in [0.15, 0.2) is 23.0 Å². The molecule has 0 bridgehead atoms. The molecule has 196 valence electrons. The SMILES string of the molecule is COc1cc2c(cc1OC(F)(F)F)CCN1Cc3c(ccc(OC)c3OS(=O)(=O)c3ccccc3)CC21. The molecular weight excluding hydrogens is 511 g/mol. The van der Waals surface area contributed by atoms with Crippen LogP contribution in [0.2, 0.25) is 0 Å². The van der Waals surface area contributed by atoms with E-state index >= 15 is 0 Å². The number of alkyl halides is 3. The maximum atomic E-state index is 13.0. The molecule has 0 radical (unpaired) electrons. The van der Waals surface area contributed by atoms with Gasteiger partial charge in [-0.15, -0.1) is 13.2 Å². The van der Waals surface area contributed by atoms with E-state index in [1.165, 1.54) is 32.4 Å². The van der Waals surface area contributed by atoms with E-state index in [1.807, 2.05) is 6.07 Å². The van der Waals surface area contributed by atoms with Gasteiger partial charge in [-0.25, -0.2) is 0 Å². The molecule has 2 aliphatic rings. The van der Waals surface area contributed by atoms with E-state index < -0.39 is 16.5 Å². The Labute approximate surface area is 212 Å². The van der Waals surface area contributed by atoms with Gasteiger partial charge >= 0.3 is 16.5 Å².